The van der Waals surface area contributed by atoms with E-state index in [1.165, 1.54) is 5.56 Å². The van der Waals surface area contributed by atoms with Crippen molar-refractivity contribution >= 4 is 5.91 Å². The first-order chi connectivity index (χ1) is 11.5. The van der Waals surface area contributed by atoms with Gasteiger partial charge in [-0.3, -0.25) is 4.79 Å². The molecule has 0 aliphatic carbocycles. The molecule has 0 saturated carbocycles. The molecule has 1 atom stereocenters. The molecule has 0 saturated heterocycles. The number of rotatable bonds is 8. The summed E-state index contributed by atoms with van der Waals surface area (Å²) in [7, 11) is 0. The van der Waals surface area contributed by atoms with Gasteiger partial charge in [-0.2, -0.15) is 0 Å². The first kappa shape index (κ1) is 18.2. The largest absolute Gasteiger partial charge is 0.374 e. The van der Waals surface area contributed by atoms with Crippen molar-refractivity contribution in [1.29, 1.82) is 0 Å². The molecule has 0 aliphatic rings. The molecule has 2 rings (SSSR count). The second kappa shape index (κ2) is 9.24. The van der Waals surface area contributed by atoms with Crippen LogP contribution in [0.15, 0.2) is 54.6 Å². The van der Waals surface area contributed by atoms with E-state index in [9.17, 15) is 4.79 Å². The van der Waals surface area contributed by atoms with Gasteiger partial charge in [0.05, 0.1) is 12.7 Å². The lowest BCUT2D eigenvalue weighted by molar-refractivity contribution is -0.121. The standard InChI is InChI=1S/C21H27NO2/c1-16(2)24-15-19-9-7-8-18(13-19)14-22-21(23)12-17(3)20-10-5-4-6-11-20/h4-11,13,16-17H,12,14-15H2,1-3H3,(H,22,23)/t17-/m1/s1. The predicted molar refractivity (Wildman–Crippen MR) is 97.7 cm³/mol. The summed E-state index contributed by atoms with van der Waals surface area (Å²) in [6, 6.07) is 18.3. The van der Waals surface area contributed by atoms with E-state index in [0.717, 1.165) is 11.1 Å². The van der Waals surface area contributed by atoms with Crippen molar-refractivity contribution in [2.75, 3.05) is 0 Å². The van der Waals surface area contributed by atoms with Gasteiger partial charge >= 0.3 is 0 Å². The molecular formula is C21H27NO2. The topological polar surface area (TPSA) is 38.3 Å². The Morgan fingerprint density at radius 1 is 1.00 bits per heavy atom. The van der Waals surface area contributed by atoms with E-state index in [-0.39, 0.29) is 17.9 Å². The number of carbonyl (C=O) groups excluding carboxylic acids is 1. The van der Waals surface area contributed by atoms with Gasteiger partial charge in [-0.25, -0.2) is 0 Å². The highest BCUT2D eigenvalue weighted by Crippen LogP contribution is 2.18. The van der Waals surface area contributed by atoms with Crippen LogP contribution in [0.3, 0.4) is 0 Å². The van der Waals surface area contributed by atoms with Crippen LogP contribution in [-0.2, 0) is 22.7 Å². The second-order valence-electron chi connectivity index (χ2n) is 6.47. The van der Waals surface area contributed by atoms with Crippen LogP contribution in [0.25, 0.3) is 0 Å². The average molecular weight is 325 g/mol. The zero-order valence-corrected chi connectivity index (χ0v) is 14.8. The van der Waals surface area contributed by atoms with Crippen LogP contribution in [0.5, 0.6) is 0 Å². The Kier molecular flexibility index (Phi) is 7.01. The Balaban J connectivity index is 1.82. The van der Waals surface area contributed by atoms with Crippen molar-refractivity contribution in [1.82, 2.24) is 5.32 Å². The minimum Gasteiger partial charge on any atom is -0.374 e. The molecule has 1 amide bonds. The molecule has 2 aromatic rings. The van der Waals surface area contributed by atoms with E-state index in [2.05, 4.69) is 30.4 Å². The fraction of sp³-hybridized carbons (Fsp3) is 0.381. The van der Waals surface area contributed by atoms with Gasteiger partial charge in [0.15, 0.2) is 0 Å². The normalized spacial score (nSPS) is 12.2. The lowest BCUT2D eigenvalue weighted by Crippen LogP contribution is -2.24. The van der Waals surface area contributed by atoms with Gasteiger partial charge < -0.3 is 10.1 Å². The lowest BCUT2D eigenvalue weighted by Gasteiger charge is -2.13. The minimum atomic E-state index is 0.0789. The van der Waals surface area contributed by atoms with Crippen LogP contribution in [0.2, 0.25) is 0 Å². The minimum absolute atomic E-state index is 0.0789. The lowest BCUT2D eigenvalue weighted by atomic mass is 9.97. The fourth-order valence-corrected chi connectivity index (χ4v) is 2.54. The first-order valence-electron chi connectivity index (χ1n) is 8.55. The number of hydrogen-bond acceptors (Lipinski definition) is 2. The van der Waals surface area contributed by atoms with Gasteiger partial charge in [0.25, 0.3) is 0 Å². The summed E-state index contributed by atoms with van der Waals surface area (Å²) >= 11 is 0. The van der Waals surface area contributed by atoms with Crippen LogP contribution >= 0.6 is 0 Å². The maximum atomic E-state index is 12.2. The van der Waals surface area contributed by atoms with Crippen molar-refractivity contribution < 1.29 is 9.53 Å². The van der Waals surface area contributed by atoms with Gasteiger partial charge in [-0.05, 0) is 36.5 Å². The van der Waals surface area contributed by atoms with E-state index < -0.39 is 0 Å². The molecule has 0 aliphatic heterocycles. The number of ether oxygens (including phenoxy) is 1. The molecule has 2 aromatic carbocycles. The molecule has 0 unspecified atom stereocenters. The molecule has 24 heavy (non-hydrogen) atoms. The van der Waals surface area contributed by atoms with Crippen LogP contribution in [0.4, 0.5) is 0 Å². The summed E-state index contributed by atoms with van der Waals surface area (Å²) in [5.74, 6) is 0.298. The highest BCUT2D eigenvalue weighted by molar-refractivity contribution is 5.76. The molecule has 0 bridgehead atoms. The molecule has 0 aromatic heterocycles. The number of hydrogen-bond donors (Lipinski definition) is 1. The number of amides is 1. The molecule has 0 heterocycles. The quantitative estimate of drug-likeness (QED) is 0.780. The highest BCUT2D eigenvalue weighted by atomic mass is 16.5. The van der Waals surface area contributed by atoms with Crippen molar-refractivity contribution in [3.8, 4) is 0 Å². The SMILES string of the molecule is CC(C)OCc1cccc(CNC(=O)C[C@@H](C)c2ccccc2)c1. The summed E-state index contributed by atoms with van der Waals surface area (Å²) in [6.07, 6.45) is 0.716. The molecule has 128 valence electrons. The molecule has 3 nitrogen and oxygen atoms in total. The molecular weight excluding hydrogens is 298 g/mol. The average Bonchev–Trinajstić information content (AvgIpc) is 2.59. The first-order valence-corrected chi connectivity index (χ1v) is 8.55. The van der Waals surface area contributed by atoms with Gasteiger partial charge in [-0.15, -0.1) is 0 Å². The van der Waals surface area contributed by atoms with Crippen LogP contribution < -0.4 is 5.32 Å². The van der Waals surface area contributed by atoms with Crippen LogP contribution in [0.1, 0.15) is 49.8 Å². The predicted octanol–water partition coefficient (Wildman–Crippen LogP) is 4.42. The molecule has 1 N–H and O–H groups in total. The van der Waals surface area contributed by atoms with Crippen LogP contribution in [0, 0.1) is 0 Å². The summed E-state index contributed by atoms with van der Waals surface area (Å²) in [4.78, 5) is 12.2. The Labute approximate surface area is 145 Å². The zero-order chi connectivity index (χ0) is 17.4. The molecule has 3 heteroatoms. The number of nitrogens with one attached hydrogen (secondary N) is 1. The maximum Gasteiger partial charge on any atom is 0.220 e. The highest BCUT2D eigenvalue weighted by Gasteiger charge is 2.10. The van der Waals surface area contributed by atoms with Crippen molar-refractivity contribution in [3.63, 3.8) is 0 Å². The van der Waals surface area contributed by atoms with Gasteiger partial charge in [0.2, 0.25) is 5.91 Å². The van der Waals surface area contributed by atoms with E-state index in [4.69, 9.17) is 4.74 Å². The summed E-state index contributed by atoms with van der Waals surface area (Å²) in [5, 5.41) is 3.01. The monoisotopic (exact) mass is 325 g/mol. The van der Waals surface area contributed by atoms with Gasteiger partial charge in [0.1, 0.15) is 0 Å². The zero-order valence-electron chi connectivity index (χ0n) is 14.8. The Bertz CT molecular complexity index is 637. The van der Waals surface area contributed by atoms with E-state index in [1.807, 2.05) is 50.2 Å². The summed E-state index contributed by atoms with van der Waals surface area (Å²) in [6.45, 7) is 7.29. The fourth-order valence-electron chi connectivity index (χ4n) is 2.54. The van der Waals surface area contributed by atoms with Gasteiger partial charge in [-0.1, -0.05) is 61.5 Å². The van der Waals surface area contributed by atoms with Crippen molar-refractivity contribution in [2.45, 2.75) is 52.4 Å². The van der Waals surface area contributed by atoms with E-state index in [1.54, 1.807) is 0 Å². The number of carbonyl (C=O) groups is 1. The third kappa shape index (κ3) is 6.17. The summed E-state index contributed by atoms with van der Waals surface area (Å²) < 4.78 is 5.62. The number of benzene rings is 2. The molecule has 0 spiro atoms. The third-order valence-corrected chi connectivity index (χ3v) is 3.92. The van der Waals surface area contributed by atoms with Crippen molar-refractivity contribution in [3.05, 3.63) is 71.3 Å². The Morgan fingerprint density at radius 2 is 1.71 bits per heavy atom. The van der Waals surface area contributed by atoms with E-state index in [0.29, 0.717) is 19.6 Å². The van der Waals surface area contributed by atoms with Crippen LogP contribution in [-0.4, -0.2) is 12.0 Å². The Morgan fingerprint density at radius 3 is 2.42 bits per heavy atom. The molecule has 0 radical (unpaired) electrons. The maximum absolute atomic E-state index is 12.2. The Hall–Kier alpha value is -2.13. The van der Waals surface area contributed by atoms with Crippen molar-refractivity contribution in [2.24, 2.45) is 0 Å². The van der Waals surface area contributed by atoms with Gasteiger partial charge in [0, 0.05) is 13.0 Å². The van der Waals surface area contributed by atoms with E-state index >= 15 is 0 Å². The second-order valence-corrected chi connectivity index (χ2v) is 6.47. The smallest absolute Gasteiger partial charge is 0.220 e. The summed E-state index contributed by atoms with van der Waals surface area (Å²) in [5.41, 5.74) is 3.43. The third-order valence-electron chi connectivity index (χ3n) is 3.92. The molecule has 0 fully saturated rings.